The van der Waals surface area contributed by atoms with E-state index in [1.54, 1.807) is 0 Å². The lowest BCUT2D eigenvalue weighted by atomic mass is 9.33. The summed E-state index contributed by atoms with van der Waals surface area (Å²) in [5, 5.41) is 19.1. The monoisotopic (exact) mass is 570 g/mol. The molecule has 4 fully saturated rings. The van der Waals surface area contributed by atoms with E-state index in [1.807, 2.05) is 6.92 Å². The second-order valence-electron chi connectivity index (χ2n) is 16.3. The lowest BCUT2D eigenvalue weighted by Gasteiger charge is -2.71. The summed E-state index contributed by atoms with van der Waals surface area (Å²) in [6.07, 6.45) is 8.83. The van der Waals surface area contributed by atoms with E-state index < -0.39 is 34.8 Å². The number of hydrogen-bond donors (Lipinski definition) is 2. The quantitative estimate of drug-likeness (QED) is 0.275. The van der Waals surface area contributed by atoms with Crippen molar-refractivity contribution in [1.29, 1.82) is 0 Å². The molecule has 0 aromatic heterocycles. The number of carbonyl (C=O) groups is 4. The van der Waals surface area contributed by atoms with Gasteiger partial charge in [0.25, 0.3) is 0 Å². The highest BCUT2D eigenvalue weighted by Gasteiger charge is 2.69. The van der Waals surface area contributed by atoms with Crippen molar-refractivity contribution in [3.05, 3.63) is 11.6 Å². The highest BCUT2D eigenvalue weighted by atomic mass is 16.5. The SMILES string of the molecule is CC1(C(=O)O)CC[C@]2(C)CC[C@]3(C)C(=CC[C@@H]4[C@@]5(C)CC(=O)C(OC(=O)CCC(=O)O)C(C)(C)C5CC[C@]43C)[C@H]2C1. The Kier molecular flexibility index (Phi) is 6.95. The number of fused-ring (bicyclic) bond motifs is 7. The molecule has 0 aromatic carbocycles. The van der Waals surface area contributed by atoms with Gasteiger partial charge in [-0.3, -0.25) is 19.2 Å². The average molecular weight is 571 g/mol. The minimum absolute atomic E-state index is 0.0257. The zero-order valence-corrected chi connectivity index (χ0v) is 26.1. The van der Waals surface area contributed by atoms with Gasteiger partial charge < -0.3 is 14.9 Å². The first-order valence-electron chi connectivity index (χ1n) is 15.7. The lowest BCUT2D eigenvalue weighted by molar-refractivity contribution is -0.210. The van der Waals surface area contributed by atoms with Crippen LogP contribution in [0.15, 0.2) is 11.6 Å². The first-order valence-corrected chi connectivity index (χ1v) is 15.7. The summed E-state index contributed by atoms with van der Waals surface area (Å²) in [7, 11) is 0. The molecule has 0 radical (unpaired) electrons. The van der Waals surface area contributed by atoms with Crippen LogP contribution < -0.4 is 0 Å². The largest absolute Gasteiger partial charge is 0.481 e. The predicted molar refractivity (Wildman–Crippen MR) is 154 cm³/mol. The van der Waals surface area contributed by atoms with E-state index in [4.69, 9.17) is 9.84 Å². The van der Waals surface area contributed by atoms with Crippen molar-refractivity contribution in [3.8, 4) is 0 Å². The molecule has 0 heterocycles. The van der Waals surface area contributed by atoms with Crippen molar-refractivity contribution in [2.75, 3.05) is 0 Å². The Labute approximate surface area is 244 Å². The van der Waals surface area contributed by atoms with E-state index in [0.29, 0.717) is 12.8 Å². The van der Waals surface area contributed by atoms with Gasteiger partial charge in [-0.05, 0) is 97.7 Å². The summed E-state index contributed by atoms with van der Waals surface area (Å²) in [4.78, 5) is 49.6. The molecule has 3 unspecified atom stereocenters. The van der Waals surface area contributed by atoms with Gasteiger partial charge in [0.05, 0.1) is 18.3 Å². The number of Topliss-reactive ketones (excluding diaryl/α,β-unsaturated/α-hetero) is 1. The molecule has 41 heavy (non-hydrogen) atoms. The van der Waals surface area contributed by atoms with Crippen molar-refractivity contribution >= 4 is 23.7 Å². The summed E-state index contributed by atoms with van der Waals surface area (Å²) >= 11 is 0. The number of hydrogen-bond acceptors (Lipinski definition) is 5. The van der Waals surface area contributed by atoms with E-state index >= 15 is 0 Å². The molecule has 0 amide bonds. The van der Waals surface area contributed by atoms with Gasteiger partial charge in [-0.1, -0.05) is 53.2 Å². The van der Waals surface area contributed by atoms with Crippen LogP contribution in [0.2, 0.25) is 0 Å². The van der Waals surface area contributed by atoms with E-state index in [0.717, 1.165) is 44.9 Å². The minimum Gasteiger partial charge on any atom is -0.481 e. The number of carboxylic acid groups (broad SMARTS) is 2. The van der Waals surface area contributed by atoms with Crippen molar-refractivity contribution in [3.63, 3.8) is 0 Å². The van der Waals surface area contributed by atoms with E-state index in [-0.39, 0.29) is 58.0 Å². The zero-order chi connectivity index (χ0) is 30.4. The van der Waals surface area contributed by atoms with Crippen LogP contribution in [0.3, 0.4) is 0 Å². The van der Waals surface area contributed by atoms with Gasteiger partial charge >= 0.3 is 17.9 Å². The summed E-state index contributed by atoms with van der Waals surface area (Å²) in [6.45, 7) is 15.6. The number of aliphatic carboxylic acids is 2. The molecule has 0 aliphatic heterocycles. The molecular formula is C34H50O7. The molecule has 0 aromatic rings. The maximum Gasteiger partial charge on any atom is 0.309 e. The number of rotatable bonds is 5. The van der Waals surface area contributed by atoms with Gasteiger partial charge in [0, 0.05) is 11.8 Å². The molecule has 0 bridgehead atoms. The van der Waals surface area contributed by atoms with Crippen LogP contribution in [0.25, 0.3) is 0 Å². The fraction of sp³-hybridized carbons (Fsp3) is 0.824. The average Bonchev–Trinajstić information content (AvgIpc) is 2.86. The second-order valence-corrected chi connectivity index (χ2v) is 16.3. The van der Waals surface area contributed by atoms with Crippen molar-refractivity contribution in [2.24, 2.45) is 50.2 Å². The third-order valence-corrected chi connectivity index (χ3v) is 13.8. The summed E-state index contributed by atoms with van der Waals surface area (Å²) < 4.78 is 5.73. The number of carboxylic acids is 2. The van der Waals surface area contributed by atoms with Gasteiger partial charge in [-0.25, -0.2) is 0 Å². The molecule has 0 spiro atoms. The summed E-state index contributed by atoms with van der Waals surface area (Å²) in [5.41, 5.74) is 0.0107. The third-order valence-electron chi connectivity index (χ3n) is 13.8. The molecule has 2 N–H and O–H groups in total. The van der Waals surface area contributed by atoms with Crippen LogP contribution in [0.4, 0.5) is 0 Å². The van der Waals surface area contributed by atoms with Crippen LogP contribution in [0, 0.1) is 50.2 Å². The summed E-state index contributed by atoms with van der Waals surface area (Å²) in [6, 6.07) is 0. The fourth-order valence-corrected chi connectivity index (χ4v) is 11.1. The second kappa shape index (κ2) is 9.41. The molecule has 228 valence electrons. The smallest absolute Gasteiger partial charge is 0.309 e. The van der Waals surface area contributed by atoms with E-state index in [9.17, 15) is 24.3 Å². The first-order chi connectivity index (χ1) is 18.8. The Morgan fingerprint density at radius 2 is 1.56 bits per heavy atom. The molecule has 5 rings (SSSR count). The van der Waals surface area contributed by atoms with Crippen LogP contribution in [-0.4, -0.2) is 40.0 Å². The van der Waals surface area contributed by atoms with Crippen LogP contribution in [-0.2, 0) is 23.9 Å². The van der Waals surface area contributed by atoms with Crippen LogP contribution in [0.1, 0.15) is 119 Å². The third kappa shape index (κ3) is 4.25. The topological polar surface area (TPSA) is 118 Å². The molecule has 4 saturated carbocycles. The number of ketones is 1. The van der Waals surface area contributed by atoms with Gasteiger partial charge in [0.15, 0.2) is 11.9 Å². The molecule has 7 heteroatoms. The normalized spacial score (nSPS) is 46.6. The molecule has 5 aliphatic rings. The van der Waals surface area contributed by atoms with Crippen molar-refractivity contribution in [2.45, 2.75) is 125 Å². The Hall–Kier alpha value is -2.18. The highest BCUT2D eigenvalue weighted by molar-refractivity contribution is 5.88. The standard InChI is InChI=1S/C34H50O7/c1-29(2)23-12-13-34(7)24(32(23,5)19-22(35)27(29)41-26(38)11-10-25(36)37)9-8-20-21-18-31(4,28(39)40)15-14-30(21,3)16-17-33(20,34)6/h8,21,23-24,27H,9-19H2,1-7H3,(H,36,37)(H,39,40)/t21-,23?,24-,27?,30-,31?,32+,33-,34-/m1/s1. The highest BCUT2D eigenvalue weighted by Crippen LogP contribution is 2.75. The van der Waals surface area contributed by atoms with E-state index in [1.165, 1.54) is 5.57 Å². The first kappa shape index (κ1) is 30.3. The number of esters is 1. The molecule has 5 aliphatic carbocycles. The minimum atomic E-state index is -1.06. The Bertz CT molecular complexity index is 1200. The number of ether oxygens (including phenoxy) is 1. The fourth-order valence-electron chi connectivity index (χ4n) is 11.1. The van der Waals surface area contributed by atoms with Crippen molar-refractivity contribution < 1.29 is 34.1 Å². The predicted octanol–water partition coefficient (Wildman–Crippen LogP) is 6.83. The number of allylic oxidation sites excluding steroid dienone is 2. The summed E-state index contributed by atoms with van der Waals surface area (Å²) in [5.74, 6) is -1.68. The zero-order valence-electron chi connectivity index (χ0n) is 26.1. The van der Waals surface area contributed by atoms with Crippen LogP contribution in [0.5, 0.6) is 0 Å². The Balaban J connectivity index is 1.48. The van der Waals surface area contributed by atoms with E-state index in [2.05, 4.69) is 47.6 Å². The maximum absolute atomic E-state index is 13.8. The van der Waals surface area contributed by atoms with Crippen LogP contribution >= 0.6 is 0 Å². The molecule has 7 nitrogen and oxygen atoms in total. The molecular weight excluding hydrogens is 520 g/mol. The van der Waals surface area contributed by atoms with Crippen molar-refractivity contribution in [1.82, 2.24) is 0 Å². The number of carbonyl (C=O) groups excluding carboxylic acids is 2. The molecule has 0 saturated heterocycles. The Morgan fingerprint density at radius 1 is 0.902 bits per heavy atom. The Morgan fingerprint density at radius 3 is 2.20 bits per heavy atom. The molecule has 9 atom stereocenters. The van der Waals surface area contributed by atoms with Gasteiger partial charge in [-0.2, -0.15) is 0 Å². The lowest BCUT2D eigenvalue weighted by Crippen LogP contribution is -2.66. The van der Waals surface area contributed by atoms with Gasteiger partial charge in [-0.15, -0.1) is 0 Å². The van der Waals surface area contributed by atoms with Gasteiger partial charge in [0.2, 0.25) is 0 Å². The van der Waals surface area contributed by atoms with Gasteiger partial charge in [0.1, 0.15) is 0 Å². The maximum atomic E-state index is 13.8.